The number of pyridine rings is 1. The summed E-state index contributed by atoms with van der Waals surface area (Å²) in [5.74, 6) is 2.08. The van der Waals surface area contributed by atoms with Gasteiger partial charge >= 0.3 is 6.01 Å². The van der Waals surface area contributed by atoms with Crippen molar-refractivity contribution in [3.8, 4) is 12.1 Å². The lowest BCUT2D eigenvalue weighted by atomic mass is 9.88. The fourth-order valence-electron chi connectivity index (χ4n) is 7.48. The molecule has 0 aliphatic carbocycles. The molecule has 15 heteroatoms. The fraction of sp³-hybridized carbons (Fsp3) is 0.483. The van der Waals surface area contributed by atoms with Crippen molar-refractivity contribution in [2.24, 2.45) is 0 Å². The summed E-state index contributed by atoms with van der Waals surface area (Å²) in [7, 11) is 0. The van der Waals surface area contributed by atoms with E-state index < -0.39 is 6.17 Å². The van der Waals surface area contributed by atoms with Crippen molar-refractivity contribution >= 4 is 57.1 Å². The van der Waals surface area contributed by atoms with E-state index in [-0.39, 0.29) is 35.4 Å². The van der Waals surface area contributed by atoms with Crippen molar-refractivity contribution in [3.05, 3.63) is 39.9 Å². The number of nitrogens with zero attached hydrogens (tertiary/aromatic N) is 7. The summed E-state index contributed by atoms with van der Waals surface area (Å²) in [4.78, 5) is 34.2. The van der Waals surface area contributed by atoms with Crippen LogP contribution in [0.15, 0.2) is 18.3 Å². The first-order valence-corrected chi connectivity index (χ1v) is 16.5. The van der Waals surface area contributed by atoms with Gasteiger partial charge in [0, 0.05) is 60.6 Å². The van der Waals surface area contributed by atoms with Gasteiger partial charge in [0.05, 0.1) is 22.4 Å². The minimum atomic E-state index is -0.870. The van der Waals surface area contributed by atoms with Crippen LogP contribution < -0.4 is 31.3 Å². The van der Waals surface area contributed by atoms with E-state index in [0.717, 1.165) is 41.1 Å². The molecule has 0 radical (unpaired) electrons. The molecule has 2 atom stereocenters. The summed E-state index contributed by atoms with van der Waals surface area (Å²) in [6.07, 6.45) is 3.07. The number of anilines is 5. The number of carbonyl (C=O) groups is 1. The number of rotatable bonds is 6. The van der Waals surface area contributed by atoms with E-state index in [0.29, 0.717) is 66.3 Å². The Labute approximate surface area is 261 Å². The number of hydrogen-bond acceptors (Lipinski definition) is 13. The normalized spacial score (nSPS) is 24.9. The molecule has 5 aliphatic rings. The Hall–Kier alpha value is -3.87. The molecule has 3 aromatic rings. The van der Waals surface area contributed by atoms with Gasteiger partial charge < -0.3 is 31.3 Å². The topological polar surface area (TPSA) is 163 Å². The number of halogens is 1. The average molecular weight is 635 g/mol. The molecule has 3 aromatic heterocycles. The van der Waals surface area contributed by atoms with Gasteiger partial charge in [-0.25, -0.2) is 9.37 Å². The lowest BCUT2D eigenvalue weighted by molar-refractivity contribution is -0.115. The second-order valence-corrected chi connectivity index (χ2v) is 14.7. The molecule has 228 valence electrons. The minimum Gasteiger partial charge on any atom is -0.461 e. The van der Waals surface area contributed by atoms with E-state index in [1.807, 2.05) is 28.8 Å². The van der Waals surface area contributed by atoms with Gasteiger partial charge in [0.25, 0.3) is 0 Å². The molecule has 1 spiro atoms. The van der Waals surface area contributed by atoms with Crippen LogP contribution >= 0.6 is 23.1 Å². The highest BCUT2D eigenvalue weighted by Gasteiger charge is 2.54. The SMILES string of the molecule is N#Cc1c(N)sc2c1C1(CN(c3nc(OC[C@@]45CCCN4C[C@H](F)C5)nc4c3NC(=O)CN4Cc3cccnc3N)C1)SC2. The molecule has 0 saturated carbocycles. The smallest absolute Gasteiger partial charge is 0.320 e. The summed E-state index contributed by atoms with van der Waals surface area (Å²) in [5.41, 5.74) is 14.9. The van der Waals surface area contributed by atoms with Crippen LogP contribution in [0.4, 0.5) is 32.5 Å². The third-order valence-electron chi connectivity index (χ3n) is 9.51. The monoisotopic (exact) mass is 634 g/mol. The van der Waals surface area contributed by atoms with Crippen LogP contribution in [0.5, 0.6) is 6.01 Å². The minimum absolute atomic E-state index is 0.0708. The largest absolute Gasteiger partial charge is 0.461 e. The summed E-state index contributed by atoms with van der Waals surface area (Å²) < 4.78 is 20.5. The Morgan fingerprint density at radius 1 is 1.27 bits per heavy atom. The highest BCUT2D eigenvalue weighted by Crippen LogP contribution is 2.58. The van der Waals surface area contributed by atoms with Crippen LogP contribution in [0.25, 0.3) is 0 Å². The summed E-state index contributed by atoms with van der Waals surface area (Å²) in [5, 5.41) is 13.4. The maximum atomic E-state index is 14.5. The lowest BCUT2D eigenvalue weighted by Gasteiger charge is -2.49. The number of amides is 1. The first kappa shape index (κ1) is 27.7. The van der Waals surface area contributed by atoms with Crippen LogP contribution in [0.1, 0.15) is 40.8 Å². The Kier molecular flexibility index (Phi) is 6.34. The number of nitrogen functional groups attached to an aromatic ring is 2. The molecule has 0 unspecified atom stereocenters. The Morgan fingerprint density at radius 2 is 2.11 bits per heavy atom. The summed E-state index contributed by atoms with van der Waals surface area (Å²) >= 11 is 3.31. The maximum Gasteiger partial charge on any atom is 0.320 e. The van der Waals surface area contributed by atoms with Crippen molar-refractivity contribution in [1.29, 1.82) is 5.26 Å². The Balaban J connectivity index is 1.15. The van der Waals surface area contributed by atoms with Gasteiger partial charge in [0.2, 0.25) is 5.91 Å². The summed E-state index contributed by atoms with van der Waals surface area (Å²) in [6.45, 7) is 3.15. The van der Waals surface area contributed by atoms with Crippen LogP contribution in [0.2, 0.25) is 0 Å². The highest BCUT2D eigenvalue weighted by molar-refractivity contribution is 8.00. The molecule has 3 fully saturated rings. The van der Waals surface area contributed by atoms with E-state index in [1.54, 1.807) is 6.20 Å². The molecular weight excluding hydrogens is 604 g/mol. The number of ether oxygens (including phenoxy) is 1. The number of nitriles is 1. The Morgan fingerprint density at radius 3 is 2.93 bits per heavy atom. The van der Waals surface area contributed by atoms with Gasteiger partial charge in [-0.15, -0.1) is 23.1 Å². The van der Waals surface area contributed by atoms with Gasteiger partial charge in [0.15, 0.2) is 11.6 Å². The lowest BCUT2D eigenvalue weighted by Crippen LogP contribution is -2.57. The molecule has 0 aromatic carbocycles. The van der Waals surface area contributed by atoms with Gasteiger partial charge in [-0.05, 0) is 25.5 Å². The average Bonchev–Trinajstić information content (AvgIpc) is 3.70. The van der Waals surface area contributed by atoms with Crippen molar-refractivity contribution < 1.29 is 13.9 Å². The standard InChI is InChI=1S/C29H31FN10O2S2/c30-17-7-28(4-2-6-40(28)10-17)15-42-27-36-25-22(35-20(41)11-38(25)9-16-3-1-5-34-23(16)32)26(37-27)39-13-29(14-39)21-18(8-31)24(33)44-19(21)12-43-29/h1,3,5,17H,2,4,6-7,9-15,33H2,(H2,32,34)(H,35,41)/t17-,28+/m1/s1. The first-order chi connectivity index (χ1) is 21.3. The van der Waals surface area contributed by atoms with Gasteiger partial charge in [0.1, 0.15) is 35.4 Å². The third kappa shape index (κ3) is 4.26. The maximum absolute atomic E-state index is 14.5. The molecule has 12 nitrogen and oxygen atoms in total. The molecule has 5 N–H and O–H groups in total. The zero-order chi connectivity index (χ0) is 30.2. The van der Waals surface area contributed by atoms with E-state index >= 15 is 0 Å². The number of nitrogens with one attached hydrogen (secondary N) is 1. The second-order valence-electron chi connectivity index (χ2n) is 12.2. The molecule has 5 aliphatic heterocycles. The van der Waals surface area contributed by atoms with E-state index in [9.17, 15) is 14.4 Å². The van der Waals surface area contributed by atoms with Crippen molar-refractivity contribution in [1.82, 2.24) is 19.9 Å². The fourth-order valence-corrected chi connectivity index (χ4v) is 10.3. The van der Waals surface area contributed by atoms with Crippen molar-refractivity contribution in [2.45, 2.75) is 48.0 Å². The van der Waals surface area contributed by atoms with Gasteiger partial charge in [-0.1, -0.05) is 6.07 Å². The van der Waals surface area contributed by atoms with E-state index in [4.69, 9.17) is 26.2 Å². The predicted octanol–water partition coefficient (Wildman–Crippen LogP) is 2.85. The molecule has 3 saturated heterocycles. The highest BCUT2D eigenvalue weighted by atomic mass is 32.2. The summed E-state index contributed by atoms with van der Waals surface area (Å²) in [6, 6.07) is 6.18. The number of nitrogens with two attached hydrogens (primary N) is 2. The number of fused-ring (bicyclic) bond motifs is 4. The molecular formula is C29H31FN10O2S2. The Bertz CT molecular complexity index is 1720. The van der Waals surface area contributed by atoms with Crippen molar-refractivity contribution in [2.75, 3.05) is 65.9 Å². The van der Waals surface area contributed by atoms with Crippen LogP contribution in [-0.4, -0.2) is 76.8 Å². The molecule has 0 bridgehead atoms. The number of hydrogen-bond donors (Lipinski definition) is 3. The number of aromatic nitrogens is 3. The zero-order valence-electron chi connectivity index (χ0n) is 23.9. The van der Waals surface area contributed by atoms with E-state index in [1.165, 1.54) is 11.3 Å². The first-order valence-electron chi connectivity index (χ1n) is 14.7. The third-order valence-corrected chi connectivity index (χ3v) is 12.2. The van der Waals surface area contributed by atoms with Crippen LogP contribution in [-0.2, 0) is 21.8 Å². The zero-order valence-corrected chi connectivity index (χ0v) is 25.5. The van der Waals surface area contributed by atoms with E-state index in [2.05, 4.69) is 26.2 Å². The number of thiophene rings is 1. The van der Waals surface area contributed by atoms with Gasteiger partial charge in [-0.2, -0.15) is 15.2 Å². The molecule has 8 heterocycles. The molecule has 1 amide bonds. The number of thioether (sulfide) groups is 1. The quantitative estimate of drug-likeness (QED) is 0.364. The molecule has 8 rings (SSSR count). The molecule has 44 heavy (non-hydrogen) atoms. The van der Waals surface area contributed by atoms with Crippen molar-refractivity contribution in [3.63, 3.8) is 0 Å². The van der Waals surface area contributed by atoms with Crippen LogP contribution in [0.3, 0.4) is 0 Å². The van der Waals surface area contributed by atoms with Gasteiger partial charge in [-0.3, -0.25) is 9.69 Å². The number of alkyl halides is 1. The second kappa shape index (κ2) is 10.1. The predicted molar refractivity (Wildman–Crippen MR) is 168 cm³/mol. The van der Waals surface area contributed by atoms with Crippen LogP contribution in [0, 0.1) is 11.3 Å². The number of carbonyl (C=O) groups excluding carboxylic acids is 1.